The predicted molar refractivity (Wildman–Crippen MR) is 109 cm³/mol. The Labute approximate surface area is 169 Å². The van der Waals surface area contributed by atoms with Gasteiger partial charge in [-0.1, -0.05) is 18.2 Å². The lowest BCUT2D eigenvalue weighted by molar-refractivity contribution is -0.147. The van der Waals surface area contributed by atoms with Crippen LogP contribution in [0, 0.1) is 13.8 Å². The van der Waals surface area contributed by atoms with Crippen molar-refractivity contribution in [3.05, 3.63) is 64.7 Å². The van der Waals surface area contributed by atoms with Gasteiger partial charge < -0.3 is 15.4 Å². The first kappa shape index (κ1) is 21.8. The second kappa shape index (κ2) is 10.2. The first-order valence-corrected chi connectivity index (χ1v) is 9.18. The van der Waals surface area contributed by atoms with Gasteiger partial charge in [0, 0.05) is 30.3 Å². The van der Waals surface area contributed by atoms with Crippen LogP contribution in [-0.2, 0) is 14.3 Å². The standard InChI is InChI=1S/C22H24N2O5/c1-14-7-8-16(11-15(14)2)19(25)9-10-21(27)29-13-20(26)24-18-6-4-5-17(12-18)22(28)23-3/h4-8,11-12H,9-10,13H2,1-3H3,(H,23,28)(H,24,26). The molecular formula is C22H24N2O5. The third kappa shape index (κ3) is 6.57. The van der Waals surface area contributed by atoms with E-state index >= 15 is 0 Å². The summed E-state index contributed by atoms with van der Waals surface area (Å²) in [6, 6.07) is 11.8. The van der Waals surface area contributed by atoms with Gasteiger partial charge in [0.2, 0.25) is 0 Å². The monoisotopic (exact) mass is 396 g/mol. The summed E-state index contributed by atoms with van der Waals surface area (Å²) < 4.78 is 4.92. The van der Waals surface area contributed by atoms with Gasteiger partial charge in [0.25, 0.3) is 11.8 Å². The predicted octanol–water partition coefficient (Wildman–Crippen LogP) is 2.81. The molecule has 0 atom stereocenters. The Kier molecular flexibility index (Phi) is 7.65. The van der Waals surface area contributed by atoms with E-state index in [1.165, 1.54) is 13.1 Å². The Morgan fingerprint density at radius 3 is 2.34 bits per heavy atom. The Bertz CT molecular complexity index is 937. The maximum Gasteiger partial charge on any atom is 0.306 e. The van der Waals surface area contributed by atoms with Crippen molar-refractivity contribution in [2.45, 2.75) is 26.7 Å². The Morgan fingerprint density at radius 1 is 0.897 bits per heavy atom. The summed E-state index contributed by atoms with van der Waals surface area (Å²) in [5.41, 5.74) is 3.46. The van der Waals surface area contributed by atoms with Crippen LogP contribution < -0.4 is 10.6 Å². The summed E-state index contributed by atoms with van der Waals surface area (Å²) >= 11 is 0. The lowest BCUT2D eigenvalue weighted by Gasteiger charge is -2.08. The van der Waals surface area contributed by atoms with Crippen LogP contribution in [0.25, 0.3) is 0 Å². The van der Waals surface area contributed by atoms with E-state index in [9.17, 15) is 19.2 Å². The summed E-state index contributed by atoms with van der Waals surface area (Å²) in [6.45, 7) is 3.41. The van der Waals surface area contributed by atoms with Crippen LogP contribution >= 0.6 is 0 Å². The van der Waals surface area contributed by atoms with Crippen LogP contribution in [0.2, 0.25) is 0 Å². The molecule has 0 aliphatic rings. The zero-order chi connectivity index (χ0) is 21.4. The Balaban J connectivity index is 1.78. The zero-order valence-corrected chi connectivity index (χ0v) is 16.7. The van der Waals surface area contributed by atoms with Crippen LogP contribution in [0.3, 0.4) is 0 Å². The van der Waals surface area contributed by atoms with E-state index in [1.54, 1.807) is 30.3 Å². The molecule has 0 unspecified atom stereocenters. The van der Waals surface area contributed by atoms with Gasteiger partial charge in [-0.05, 0) is 49.2 Å². The molecule has 0 saturated heterocycles. The van der Waals surface area contributed by atoms with E-state index in [1.807, 2.05) is 19.9 Å². The molecule has 152 valence electrons. The maximum atomic E-state index is 12.2. The average molecular weight is 396 g/mol. The molecule has 0 aromatic heterocycles. The molecule has 0 fully saturated rings. The molecule has 2 amide bonds. The minimum absolute atomic E-state index is 0.0110. The number of anilines is 1. The molecular weight excluding hydrogens is 372 g/mol. The fourth-order valence-electron chi connectivity index (χ4n) is 2.57. The van der Waals surface area contributed by atoms with Crippen molar-refractivity contribution in [3.8, 4) is 0 Å². The highest BCUT2D eigenvalue weighted by atomic mass is 16.5. The highest BCUT2D eigenvalue weighted by Gasteiger charge is 2.13. The number of Topliss-reactive ketones (excluding diaryl/α,β-unsaturated/α-hetero) is 1. The van der Waals surface area contributed by atoms with Crippen molar-refractivity contribution in [2.24, 2.45) is 0 Å². The lowest BCUT2D eigenvalue weighted by atomic mass is 10.0. The van der Waals surface area contributed by atoms with Crippen LogP contribution in [0.15, 0.2) is 42.5 Å². The molecule has 29 heavy (non-hydrogen) atoms. The number of hydrogen-bond donors (Lipinski definition) is 2. The van der Waals surface area contributed by atoms with E-state index in [0.29, 0.717) is 16.8 Å². The fraction of sp³-hybridized carbons (Fsp3) is 0.273. The molecule has 7 heteroatoms. The van der Waals surface area contributed by atoms with E-state index in [0.717, 1.165) is 11.1 Å². The molecule has 0 aliphatic carbocycles. The zero-order valence-electron chi connectivity index (χ0n) is 16.7. The van der Waals surface area contributed by atoms with Gasteiger partial charge in [-0.3, -0.25) is 19.2 Å². The van der Waals surface area contributed by atoms with Crippen molar-refractivity contribution in [1.82, 2.24) is 5.32 Å². The number of carbonyl (C=O) groups is 4. The second-order valence-electron chi connectivity index (χ2n) is 6.59. The number of nitrogens with one attached hydrogen (secondary N) is 2. The van der Waals surface area contributed by atoms with E-state index in [4.69, 9.17) is 4.74 Å². The van der Waals surface area contributed by atoms with Crippen LogP contribution in [0.5, 0.6) is 0 Å². The number of hydrogen-bond acceptors (Lipinski definition) is 5. The molecule has 0 radical (unpaired) electrons. The van der Waals surface area contributed by atoms with Gasteiger partial charge in [-0.2, -0.15) is 0 Å². The maximum absolute atomic E-state index is 12.2. The number of ether oxygens (including phenoxy) is 1. The summed E-state index contributed by atoms with van der Waals surface area (Å²) in [7, 11) is 1.51. The Hall–Kier alpha value is -3.48. The summed E-state index contributed by atoms with van der Waals surface area (Å²) in [5.74, 6) is -1.59. The fourth-order valence-corrected chi connectivity index (χ4v) is 2.57. The molecule has 2 rings (SSSR count). The van der Waals surface area contributed by atoms with Gasteiger partial charge >= 0.3 is 5.97 Å². The summed E-state index contributed by atoms with van der Waals surface area (Å²) in [6.07, 6.45) is -0.0949. The number of carbonyl (C=O) groups excluding carboxylic acids is 4. The lowest BCUT2D eigenvalue weighted by Crippen LogP contribution is -2.22. The molecule has 0 saturated carbocycles. The normalized spacial score (nSPS) is 10.2. The van der Waals surface area contributed by atoms with Crippen molar-refractivity contribution < 1.29 is 23.9 Å². The molecule has 0 aliphatic heterocycles. The number of ketones is 1. The molecule has 0 heterocycles. The molecule has 2 aromatic carbocycles. The number of esters is 1. The number of aryl methyl sites for hydroxylation is 2. The number of rotatable bonds is 8. The number of benzene rings is 2. The second-order valence-corrected chi connectivity index (χ2v) is 6.59. The van der Waals surface area contributed by atoms with Crippen molar-refractivity contribution in [3.63, 3.8) is 0 Å². The highest BCUT2D eigenvalue weighted by molar-refractivity contribution is 5.99. The van der Waals surface area contributed by atoms with Crippen LogP contribution in [0.4, 0.5) is 5.69 Å². The minimum atomic E-state index is -0.628. The average Bonchev–Trinajstić information content (AvgIpc) is 2.72. The first-order chi connectivity index (χ1) is 13.8. The highest BCUT2D eigenvalue weighted by Crippen LogP contribution is 2.13. The molecule has 2 aromatic rings. The topological polar surface area (TPSA) is 102 Å². The minimum Gasteiger partial charge on any atom is -0.456 e. The molecule has 0 spiro atoms. The van der Waals surface area contributed by atoms with E-state index < -0.39 is 18.5 Å². The quantitative estimate of drug-likeness (QED) is 0.528. The van der Waals surface area contributed by atoms with E-state index in [2.05, 4.69) is 10.6 Å². The molecule has 2 N–H and O–H groups in total. The molecule has 0 bridgehead atoms. The van der Waals surface area contributed by atoms with Gasteiger partial charge in [-0.15, -0.1) is 0 Å². The SMILES string of the molecule is CNC(=O)c1cccc(NC(=O)COC(=O)CCC(=O)c2ccc(C)c(C)c2)c1. The third-order valence-electron chi connectivity index (χ3n) is 4.38. The van der Waals surface area contributed by atoms with E-state index in [-0.39, 0.29) is 24.5 Å². The van der Waals surface area contributed by atoms with Gasteiger partial charge in [0.1, 0.15) is 0 Å². The van der Waals surface area contributed by atoms with Gasteiger partial charge in [-0.25, -0.2) is 0 Å². The smallest absolute Gasteiger partial charge is 0.306 e. The Morgan fingerprint density at radius 2 is 1.66 bits per heavy atom. The summed E-state index contributed by atoms with van der Waals surface area (Å²) in [5, 5.41) is 5.05. The largest absolute Gasteiger partial charge is 0.456 e. The van der Waals surface area contributed by atoms with Crippen LogP contribution in [-0.4, -0.2) is 37.2 Å². The van der Waals surface area contributed by atoms with Crippen LogP contribution in [0.1, 0.15) is 44.7 Å². The third-order valence-corrected chi connectivity index (χ3v) is 4.38. The van der Waals surface area contributed by atoms with Gasteiger partial charge in [0.05, 0.1) is 6.42 Å². The van der Waals surface area contributed by atoms with Crippen molar-refractivity contribution in [1.29, 1.82) is 0 Å². The first-order valence-electron chi connectivity index (χ1n) is 9.18. The van der Waals surface area contributed by atoms with Crippen molar-refractivity contribution >= 4 is 29.3 Å². The molecule has 7 nitrogen and oxygen atoms in total. The summed E-state index contributed by atoms with van der Waals surface area (Å²) in [4.78, 5) is 47.6. The van der Waals surface area contributed by atoms with Crippen molar-refractivity contribution in [2.75, 3.05) is 19.0 Å². The number of amides is 2. The van der Waals surface area contributed by atoms with Gasteiger partial charge in [0.15, 0.2) is 12.4 Å².